The molecular weight excluding hydrogens is 334 g/mol. The number of nitrogens with zero attached hydrogens (tertiary/aromatic N) is 2. The molecule has 0 saturated heterocycles. The Kier molecular flexibility index (Phi) is 4.15. The number of phenols is 1. The molecule has 0 unspecified atom stereocenters. The maximum atomic E-state index is 12.4. The lowest BCUT2D eigenvalue weighted by Gasteiger charge is -2.28. The lowest BCUT2D eigenvalue weighted by Crippen LogP contribution is -2.35. The normalized spacial score (nSPS) is 14.4. The predicted octanol–water partition coefficient (Wildman–Crippen LogP) is 3.07. The van der Waals surface area contributed by atoms with Crippen LogP contribution in [0.4, 0.5) is 0 Å². The molecule has 0 fully saturated rings. The van der Waals surface area contributed by atoms with Gasteiger partial charge in [0.15, 0.2) is 5.82 Å². The number of benzene rings is 1. The molecule has 2 N–H and O–H groups in total. The van der Waals surface area contributed by atoms with Gasteiger partial charge in [-0.3, -0.25) is 9.69 Å². The van der Waals surface area contributed by atoms with E-state index >= 15 is 0 Å². The highest BCUT2D eigenvalue weighted by Crippen LogP contribution is 2.25. The molecule has 6 heteroatoms. The van der Waals surface area contributed by atoms with E-state index in [9.17, 15) is 9.90 Å². The monoisotopic (exact) mass is 353 g/mol. The quantitative estimate of drug-likeness (QED) is 0.759. The van der Waals surface area contributed by atoms with Crippen molar-refractivity contribution in [1.29, 1.82) is 0 Å². The second-order valence-corrected chi connectivity index (χ2v) is 7.36. The minimum Gasteiger partial charge on any atom is -0.508 e. The summed E-state index contributed by atoms with van der Waals surface area (Å²) in [5, 5.41) is 12.1. The molecule has 0 saturated carbocycles. The van der Waals surface area contributed by atoms with E-state index in [1.807, 2.05) is 36.6 Å². The van der Waals surface area contributed by atoms with Gasteiger partial charge in [0.25, 0.3) is 5.56 Å². The van der Waals surface area contributed by atoms with Crippen molar-refractivity contribution >= 4 is 11.3 Å². The molecular formula is C19H19N3O2S. The van der Waals surface area contributed by atoms with Gasteiger partial charge in [-0.1, -0.05) is 23.8 Å². The molecule has 5 nitrogen and oxygen atoms in total. The van der Waals surface area contributed by atoms with Crippen LogP contribution in [0.2, 0.25) is 0 Å². The first-order chi connectivity index (χ1) is 12.1. The number of aromatic amines is 1. The topological polar surface area (TPSA) is 69.2 Å². The van der Waals surface area contributed by atoms with Gasteiger partial charge in [-0.2, -0.15) is 0 Å². The van der Waals surface area contributed by atoms with E-state index < -0.39 is 0 Å². The molecule has 2 aromatic heterocycles. The Morgan fingerprint density at radius 2 is 2.24 bits per heavy atom. The summed E-state index contributed by atoms with van der Waals surface area (Å²) in [6, 6.07) is 9.55. The van der Waals surface area contributed by atoms with Gasteiger partial charge in [-0.25, -0.2) is 4.98 Å². The summed E-state index contributed by atoms with van der Waals surface area (Å²) in [6.07, 6.45) is 0.676. The fourth-order valence-corrected chi connectivity index (χ4v) is 3.91. The van der Waals surface area contributed by atoms with Gasteiger partial charge >= 0.3 is 0 Å². The average molecular weight is 353 g/mol. The summed E-state index contributed by atoms with van der Waals surface area (Å²) in [5.41, 5.74) is 3.62. The van der Waals surface area contributed by atoms with Crippen molar-refractivity contribution in [3.8, 4) is 16.5 Å². The Bertz CT molecular complexity index is 963. The van der Waals surface area contributed by atoms with Crippen molar-refractivity contribution in [2.24, 2.45) is 0 Å². The van der Waals surface area contributed by atoms with Crippen LogP contribution in [0.3, 0.4) is 0 Å². The minimum atomic E-state index is -0.0357. The van der Waals surface area contributed by atoms with Crippen LogP contribution in [0.1, 0.15) is 22.4 Å². The highest BCUT2D eigenvalue weighted by atomic mass is 32.1. The number of fused-ring (bicyclic) bond motifs is 1. The number of aromatic hydroxyl groups is 1. The number of aromatic nitrogens is 2. The third kappa shape index (κ3) is 3.23. The fourth-order valence-electron chi connectivity index (χ4n) is 3.24. The molecule has 0 bridgehead atoms. The van der Waals surface area contributed by atoms with Gasteiger partial charge in [0.1, 0.15) is 5.75 Å². The molecule has 4 rings (SSSR count). The van der Waals surface area contributed by atoms with Crippen molar-refractivity contribution < 1.29 is 5.11 Å². The molecule has 0 radical (unpaired) electrons. The summed E-state index contributed by atoms with van der Waals surface area (Å²) < 4.78 is 0. The number of rotatable bonds is 3. The molecule has 0 spiro atoms. The van der Waals surface area contributed by atoms with Crippen LogP contribution < -0.4 is 5.56 Å². The largest absolute Gasteiger partial charge is 0.508 e. The molecule has 1 aliphatic rings. The van der Waals surface area contributed by atoms with E-state index in [1.165, 1.54) is 0 Å². The molecule has 25 heavy (non-hydrogen) atoms. The van der Waals surface area contributed by atoms with Gasteiger partial charge in [-0.05, 0) is 30.9 Å². The Balaban J connectivity index is 1.62. The number of phenolic OH excluding ortho intramolecular Hbond substituents is 1. The number of aryl methyl sites for hydroxylation is 1. The lowest BCUT2D eigenvalue weighted by atomic mass is 10.0. The van der Waals surface area contributed by atoms with Crippen molar-refractivity contribution in [3.63, 3.8) is 0 Å². The van der Waals surface area contributed by atoms with E-state index in [1.54, 1.807) is 17.4 Å². The summed E-state index contributed by atoms with van der Waals surface area (Å²) in [4.78, 5) is 23.2. The Labute approximate surface area is 149 Å². The van der Waals surface area contributed by atoms with Crippen LogP contribution in [0, 0.1) is 6.92 Å². The van der Waals surface area contributed by atoms with Crippen LogP contribution in [-0.2, 0) is 19.5 Å². The fraction of sp³-hybridized carbons (Fsp3) is 0.263. The van der Waals surface area contributed by atoms with Gasteiger partial charge in [-0.15, -0.1) is 11.3 Å². The van der Waals surface area contributed by atoms with E-state index in [4.69, 9.17) is 4.98 Å². The maximum absolute atomic E-state index is 12.4. The Morgan fingerprint density at radius 3 is 3.04 bits per heavy atom. The van der Waals surface area contributed by atoms with Crippen LogP contribution in [0.5, 0.6) is 5.75 Å². The molecule has 1 aromatic carbocycles. The van der Waals surface area contributed by atoms with Crippen molar-refractivity contribution in [1.82, 2.24) is 14.9 Å². The zero-order valence-electron chi connectivity index (χ0n) is 14.0. The molecule has 0 aliphatic carbocycles. The first-order valence-corrected chi connectivity index (χ1v) is 9.15. The highest BCUT2D eigenvalue weighted by molar-refractivity contribution is 7.13. The molecule has 0 atom stereocenters. The Morgan fingerprint density at radius 1 is 1.36 bits per heavy atom. The van der Waals surface area contributed by atoms with E-state index in [0.717, 1.165) is 33.8 Å². The Hall–Kier alpha value is -2.44. The van der Waals surface area contributed by atoms with Gasteiger partial charge in [0.2, 0.25) is 0 Å². The van der Waals surface area contributed by atoms with Crippen molar-refractivity contribution in [2.45, 2.75) is 26.4 Å². The van der Waals surface area contributed by atoms with Crippen molar-refractivity contribution in [3.05, 3.63) is 68.4 Å². The summed E-state index contributed by atoms with van der Waals surface area (Å²) in [5.74, 6) is 0.952. The second kappa shape index (κ2) is 6.46. The smallest absolute Gasteiger partial charge is 0.254 e. The molecule has 128 valence electrons. The number of hydrogen-bond acceptors (Lipinski definition) is 5. The highest BCUT2D eigenvalue weighted by Gasteiger charge is 2.22. The molecule has 0 amide bonds. The number of thiophene rings is 1. The molecule has 3 heterocycles. The lowest BCUT2D eigenvalue weighted by molar-refractivity contribution is 0.237. The van der Waals surface area contributed by atoms with Gasteiger partial charge in [0, 0.05) is 30.8 Å². The van der Waals surface area contributed by atoms with Gasteiger partial charge in [0.05, 0.1) is 10.6 Å². The van der Waals surface area contributed by atoms with Crippen LogP contribution >= 0.6 is 11.3 Å². The zero-order chi connectivity index (χ0) is 17.4. The first-order valence-electron chi connectivity index (χ1n) is 8.27. The van der Waals surface area contributed by atoms with E-state index in [-0.39, 0.29) is 5.56 Å². The third-order valence-electron chi connectivity index (χ3n) is 4.54. The number of H-pyrrole nitrogens is 1. The minimum absolute atomic E-state index is 0.0357. The SMILES string of the molecule is Cc1ccc(O)c(CN2CCc3c(nc(-c4cccs4)[nH]c3=O)C2)c1. The van der Waals surface area contributed by atoms with Crippen LogP contribution in [0.25, 0.3) is 10.7 Å². The maximum Gasteiger partial charge on any atom is 0.254 e. The predicted molar refractivity (Wildman–Crippen MR) is 98.8 cm³/mol. The second-order valence-electron chi connectivity index (χ2n) is 6.41. The third-order valence-corrected chi connectivity index (χ3v) is 5.41. The number of nitrogens with one attached hydrogen (secondary N) is 1. The van der Waals surface area contributed by atoms with E-state index in [0.29, 0.717) is 31.1 Å². The summed E-state index contributed by atoms with van der Waals surface area (Å²) in [6.45, 7) is 4.06. The van der Waals surface area contributed by atoms with E-state index in [2.05, 4.69) is 9.88 Å². The van der Waals surface area contributed by atoms with Crippen molar-refractivity contribution in [2.75, 3.05) is 6.54 Å². The average Bonchev–Trinajstić information content (AvgIpc) is 3.12. The molecule has 1 aliphatic heterocycles. The van der Waals surface area contributed by atoms with Crippen LogP contribution in [-0.4, -0.2) is 26.5 Å². The molecule has 3 aromatic rings. The summed E-state index contributed by atoms with van der Waals surface area (Å²) >= 11 is 1.56. The van der Waals surface area contributed by atoms with Crippen LogP contribution in [0.15, 0.2) is 40.5 Å². The summed E-state index contributed by atoms with van der Waals surface area (Å²) in [7, 11) is 0. The number of hydrogen-bond donors (Lipinski definition) is 2. The first kappa shape index (κ1) is 16.1. The zero-order valence-corrected chi connectivity index (χ0v) is 14.8. The van der Waals surface area contributed by atoms with Gasteiger partial charge < -0.3 is 10.1 Å². The standard InChI is InChI=1S/C19H19N3O2S/c1-12-4-5-16(23)13(9-12)10-22-7-6-14-15(11-22)20-18(21-19(14)24)17-3-2-8-25-17/h2-5,8-9,23H,6-7,10-11H2,1H3,(H,20,21,24).